The monoisotopic (exact) mass is 447 g/mol. The third kappa shape index (κ3) is 4.74. The standard InChI is InChI=1S/C23H25N7O3/c1-14(2)29-13-25-28-20(29)18-7-6-8-19(27-18)30-12-24-17-10-9-15(11-16(17)21(30)31)26-22(32)33-23(3,4)5/h6-14H,1-5H3,(H,26,32). The van der Waals surface area contributed by atoms with Crippen LogP contribution in [0.5, 0.6) is 0 Å². The molecule has 1 amide bonds. The maximum atomic E-state index is 13.3. The number of pyridine rings is 1. The molecule has 0 atom stereocenters. The Morgan fingerprint density at radius 2 is 1.91 bits per heavy atom. The molecule has 0 saturated carbocycles. The van der Waals surface area contributed by atoms with Crippen molar-refractivity contribution < 1.29 is 9.53 Å². The molecule has 33 heavy (non-hydrogen) atoms. The lowest BCUT2D eigenvalue weighted by Crippen LogP contribution is -2.27. The molecular weight excluding hydrogens is 422 g/mol. The predicted molar refractivity (Wildman–Crippen MR) is 124 cm³/mol. The molecule has 10 heteroatoms. The van der Waals surface area contributed by atoms with Gasteiger partial charge in [0.05, 0.1) is 10.9 Å². The van der Waals surface area contributed by atoms with E-state index in [9.17, 15) is 9.59 Å². The Bertz CT molecular complexity index is 1380. The van der Waals surface area contributed by atoms with Crippen LogP contribution >= 0.6 is 0 Å². The Hall–Kier alpha value is -4.08. The van der Waals surface area contributed by atoms with Gasteiger partial charge in [0.1, 0.15) is 29.8 Å². The van der Waals surface area contributed by atoms with Gasteiger partial charge >= 0.3 is 6.09 Å². The van der Waals surface area contributed by atoms with E-state index in [2.05, 4.69) is 25.5 Å². The highest BCUT2D eigenvalue weighted by molar-refractivity contribution is 5.89. The van der Waals surface area contributed by atoms with Crippen molar-refractivity contribution in [3.05, 3.63) is 59.4 Å². The van der Waals surface area contributed by atoms with Crippen molar-refractivity contribution in [2.75, 3.05) is 5.32 Å². The van der Waals surface area contributed by atoms with Crippen LogP contribution in [0.1, 0.15) is 40.7 Å². The smallest absolute Gasteiger partial charge is 0.412 e. The van der Waals surface area contributed by atoms with Crippen molar-refractivity contribution in [1.82, 2.24) is 29.3 Å². The predicted octanol–water partition coefficient (Wildman–Crippen LogP) is 3.97. The summed E-state index contributed by atoms with van der Waals surface area (Å²) < 4.78 is 8.55. The minimum atomic E-state index is -0.633. The first-order valence-electron chi connectivity index (χ1n) is 10.5. The first-order chi connectivity index (χ1) is 15.6. The molecule has 170 valence electrons. The average Bonchev–Trinajstić information content (AvgIpc) is 3.23. The highest BCUT2D eigenvalue weighted by atomic mass is 16.6. The lowest BCUT2D eigenvalue weighted by Gasteiger charge is -2.19. The van der Waals surface area contributed by atoms with Crippen molar-refractivity contribution in [2.24, 2.45) is 0 Å². The molecule has 0 unspecified atom stereocenters. The minimum Gasteiger partial charge on any atom is -0.444 e. The number of aromatic nitrogens is 6. The summed E-state index contributed by atoms with van der Waals surface area (Å²) in [6.07, 6.45) is 2.48. The van der Waals surface area contributed by atoms with Crippen LogP contribution in [0.15, 0.2) is 53.8 Å². The third-order valence-electron chi connectivity index (χ3n) is 4.74. The molecule has 0 aliphatic rings. The summed E-state index contributed by atoms with van der Waals surface area (Å²) >= 11 is 0. The lowest BCUT2D eigenvalue weighted by atomic mass is 10.2. The summed E-state index contributed by atoms with van der Waals surface area (Å²) in [6, 6.07) is 10.4. The van der Waals surface area contributed by atoms with Gasteiger partial charge in [-0.05, 0) is 65.0 Å². The van der Waals surface area contributed by atoms with Gasteiger partial charge in [-0.1, -0.05) is 6.07 Å². The molecule has 0 spiro atoms. The van der Waals surface area contributed by atoms with Crippen LogP contribution in [0.25, 0.3) is 28.2 Å². The number of amides is 1. The molecule has 0 aliphatic heterocycles. The van der Waals surface area contributed by atoms with Gasteiger partial charge in [-0.15, -0.1) is 10.2 Å². The van der Waals surface area contributed by atoms with E-state index in [0.717, 1.165) is 0 Å². The summed E-state index contributed by atoms with van der Waals surface area (Å²) in [7, 11) is 0. The van der Waals surface area contributed by atoms with E-state index >= 15 is 0 Å². The second-order valence-electron chi connectivity index (χ2n) is 8.82. The number of benzene rings is 1. The molecule has 3 aromatic heterocycles. The zero-order chi connectivity index (χ0) is 23.8. The van der Waals surface area contributed by atoms with Crippen LogP contribution in [-0.2, 0) is 4.74 Å². The fraction of sp³-hybridized carbons (Fsp3) is 0.304. The number of nitrogens with one attached hydrogen (secondary N) is 1. The van der Waals surface area contributed by atoms with E-state index in [1.165, 1.54) is 10.9 Å². The SMILES string of the molecule is CC(C)n1cnnc1-c1cccc(-n2cnc3ccc(NC(=O)OC(C)(C)C)cc3c2=O)n1. The van der Waals surface area contributed by atoms with Gasteiger partial charge in [0.25, 0.3) is 5.56 Å². The molecule has 0 saturated heterocycles. The van der Waals surface area contributed by atoms with Crippen molar-refractivity contribution in [3.8, 4) is 17.3 Å². The number of nitrogens with zero attached hydrogens (tertiary/aromatic N) is 6. The largest absolute Gasteiger partial charge is 0.444 e. The molecule has 10 nitrogen and oxygen atoms in total. The average molecular weight is 447 g/mol. The quantitative estimate of drug-likeness (QED) is 0.503. The first-order valence-corrected chi connectivity index (χ1v) is 10.5. The fourth-order valence-corrected chi connectivity index (χ4v) is 3.27. The summed E-state index contributed by atoms with van der Waals surface area (Å²) in [5, 5.41) is 11.1. The number of hydrogen-bond donors (Lipinski definition) is 1. The molecule has 4 rings (SSSR count). The van der Waals surface area contributed by atoms with Crippen LogP contribution < -0.4 is 10.9 Å². The zero-order valence-electron chi connectivity index (χ0n) is 19.1. The van der Waals surface area contributed by atoms with Crippen molar-refractivity contribution in [2.45, 2.75) is 46.3 Å². The van der Waals surface area contributed by atoms with Crippen LogP contribution in [0.4, 0.5) is 10.5 Å². The number of fused-ring (bicyclic) bond motifs is 1. The lowest BCUT2D eigenvalue weighted by molar-refractivity contribution is 0.0636. The maximum absolute atomic E-state index is 13.3. The first kappa shape index (κ1) is 22.1. The number of ether oxygens (including phenoxy) is 1. The van der Waals surface area contributed by atoms with Gasteiger partial charge < -0.3 is 9.30 Å². The van der Waals surface area contributed by atoms with Crippen molar-refractivity contribution in [3.63, 3.8) is 0 Å². The number of hydrogen-bond acceptors (Lipinski definition) is 7. The highest BCUT2D eigenvalue weighted by Crippen LogP contribution is 2.20. The number of anilines is 1. The van der Waals surface area contributed by atoms with Crippen LogP contribution in [0.3, 0.4) is 0 Å². The van der Waals surface area contributed by atoms with E-state index in [-0.39, 0.29) is 11.6 Å². The van der Waals surface area contributed by atoms with Gasteiger partial charge in [-0.2, -0.15) is 0 Å². The molecule has 1 aromatic carbocycles. The Labute approximate surface area is 190 Å². The number of carbonyl (C=O) groups excluding carboxylic acids is 1. The summed E-state index contributed by atoms with van der Waals surface area (Å²) in [6.45, 7) is 9.38. The van der Waals surface area contributed by atoms with Crippen molar-refractivity contribution >= 4 is 22.7 Å². The van der Waals surface area contributed by atoms with Gasteiger partial charge in [0, 0.05) is 11.7 Å². The molecule has 4 aromatic rings. The molecule has 1 N–H and O–H groups in total. The molecule has 0 radical (unpaired) electrons. The summed E-state index contributed by atoms with van der Waals surface area (Å²) in [5.74, 6) is 1.01. The third-order valence-corrected chi connectivity index (χ3v) is 4.74. The Morgan fingerprint density at radius 1 is 1.12 bits per heavy atom. The van der Waals surface area contributed by atoms with Gasteiger partial charge in [-0.25, -0.2) is 14.8 Å². The zero-order valence-corrected chi connectivity index (χ0v) is 19.1. The normalized spacial score (nSPS) is 11.7. The van der Waals surface area contributed by atoms with Gasteiger partial charge in [-0.3, -0.25) is 14.7 Å². The Kier molecular flexibility index (Phi) is 5.67. The molecule has 3 heterocycles. The Morgan fingerprint density at radius 3 is 2.64 bits per heavy atom. The number of rotatable bonds is 4. The highest BCUT2D eigenvalue weighted by Gasteiger charge is 2.17. The van der Waals surface area contributed by atoms with Crippen LogP contribution in [0.2, 0.25) is 0 Å². The second-order valence-corrected chi connectivity index (χ2v) is 8.82. The second kappa shape index (κ2) is 8.45. The van der Waals surface area contributed by atoms with E-state index in [1.807, 2.05) is 24.5 Å². The maximum Gasteiger partial charge on any atom is 0.412 e. The Balaban J connectivity index is 1.72. The number of carbonyl (C=O) groups is 1. The van der Waals surface area contributed by atoms with E-state index in [1.54, 1.807) is 57.4 Å². The molecule has 0 fully saturated rings. The molecule has 0 aliphatic carbocycles. The fourth-order valence-electron chi connectivity index (χ4n) is 3.27. The van der Waals surface area contributed by atoms with Crippen molar-refractivity contribution in [1.29, 1.82) is 0 Å². The molecule has 0 bridgehead atoms. The minimum absolute atomic E-state index is 0.154. The topological polar surface area (TPSA) is 117 Å². The van der Waals surface area contributed by atoms with E-state index in [0.29, 0.717) is 33.9 Å². The van der Waals surface area contributed by atoms with Crippen LogP contribution in [0, 0.1) is 0 Å². The molecular formula is C23H25N7O3. The summed E-state index contributed by atoms with van der Waals surface area (Å²) in [5.41, 5.74) is 0.571. The van der Waals surface area contributed by atoms with E-state index < -0.39 is 11.7 Å². The van der Waals surface area contributed by atoms with Gasteiger partial charge in [0.2, 0.25) is 0 Å². The van der Waals surface area contributed by atoms with Gasteiger partial charge in [0.15, 0.2) is 5.82 Å². The summed E-state index contributed by atoms with van der Waals surface area (Å²) in [4.78, 5) is 34.4. The van der Waals surface area contributed by atoms with Crippen LogP contribution in [-0.4, -0.2) is 41.0 Å². The van der Waals surface area contributed by atoms with E-state index in [4.69, 9.17) is 4.74 Å².